The Balaban J connectivity index is 2.26. The molecular formula is C19H22N2O5S. The topological polar surface area (TPSA) is 104 Å². The van der Waals surface area contributed by atoms with Crippen LogP contribution in [0.25, 0.3) is 0 Å². The van der Waals surface area contributed by atoms with Crippen molar-refractivity contribution < 1.29 is 23.1 Å². The van der Waals surface area contributed by atoms with E-state index in [-0.39, 0.29) is 10.5 Å². The van der Waals surface area contributed by atoms with Crippen LogP contribution in [0.2, 0.25) is 0 Å². The van der Waals surface area contributed by atoms with Crippen molar-refractivity contribution in [1.82, 2.24) is 4.72 Å². The molecule has 7 nitrogen and oxygen atoms in total. The van der Waals surface area contributed by atoms with E-state index in [9.17, 15) is 18.0 Å². The van der Waals surface area contributed by atoms with Gasteiger partial charge in [0.15, 0.2) is 0 Å². The number of nitrogens with zero attached hydrogens (tertiary/aromatic N) is 1. The lowest BCUT2D eigenvalue weighted by molar-refractivity contribution is 0.0697. The summed E-state index contributed by atoms with van der Waals surface area (Å²) in [6.07, 6.45) is 1.47. The smallest absolute Gasteiger partial charge is 0.335 e. The van der Waals surface area contributed by atoms with Crippen LogP contribution in [0.1, 0.15) is 35.7 Å². The number of sulfonamides is 1. The minimum absolute atomic E-state index is 0.00174. The number of rotatable bonds is 7. The number of unbranched alkanes of at least 4 members (excludes halogenated alkanes) is 1. The molecule has 0 atom stereocenters. The number of hydrogen-bond donors (Lipinski definition) is 2. The van der Waals surface area contributed by atoms with Crippen molar-refractivity contribution >= 4 is 27.7 Å². The third kappa shape index (κ3) is 5.30. The zero-order valence-electron chi connectivity index (χ0n) is 15.2. The zero-order valence-corrected chi connectivity index (χ0v) is 16.0. The summed E-state index contributed by atoms with van der Waals surface area (Å²) < 4.78 is 27.0. The van der Waals surface area contributed by atoms with Crippen LogP contribution >= 0.6 is 0 Å². The fourth-order valence-corrected chi connectivity index (χ4v) is 3.35. The van der Waals surface area contributed by atoms with Gasteiger partial charge in [-0.3, -0.25) is 4.90 Å². The third-order valence-corrected chi connectivity index (χ3v) is 5.30. The molecule has 27 heavy (non-hydrogen) atoms. The number of carbonyl (C=O) groups is 2. The number of amides is 2. The second kappa shape index (κ2) is 8.68. The highest BCUT2D eigenvalue weighted by Crippen LogP contribution is 2.18. The van der Waals surface area contributed by atoms with E-state index in [1.165, 1.54) is 41.3 Å². The number of hydrogen-bond acceptors (Lipinski definition) is 4. The average Bonchev–Trinajstić information content (AvgIpc) is 2.62. The molecule has 2 amide bonds. The summed E-state index contributed by atoms with van der Waals surface area (Å²) in [6.45, 7) is 4.09. The van der Waals surface area contributed by atoms with Crippen molar-refractivity contribution in [2.45, 2.75) is 31.6 Å². The fraction of sp³-hybridized carbons (Fsp3) is 0.263. The predicted octanol–water partition coefficient (Wildman–Crippen LogP) is 3.40. The van der Waals surface area contributed by atoms with Crippen LogP contribution in [0.3, 0.4) is 0 Å². The highest BCUT2D eigenvalue weighted by molar-refractivity contribution is 7.90. The maximum atomic E-state index is 12.6. The molecular weight excluding hydrogens is 368 g/mol. The molecule has 0 aliphatic rings. The molecule has 0 aliphatic heterocycles. The molecule has 0 bridgehead atoms. The number of carboxylic acid groups (broad SMARTS) is 1. The van der Waals surface area contributed by atoms with Gasteiger partial charge in [-0.2, -0.15) is 0 Å². The van der Waals surface area contributed by atoms with E-state index in [4.69, 9.17) is 5.11 Å². The monoisotopic (exact) mass is 390 g/mol. The van der Waals surface area contributed by atoms with E-state index in [0.717, 1.165) is 12.0 Å². The van der Waals surface area contributed by atoms with Gasteiger partial charge in [0, 0.05) is 12.2 Å². The van der Waals surface area contributed by atoms with Crippen LogP contribution in [0.5, 0.6) is 0 Å². The summed E-state index contributed by atoms with van der Waals surface area (Å²) in [7, 11) is -4.01. The zero-order chi connectivity index (χ0) is 20.0. The Kier molecular flexibility index (Phi) is 6.57. The first-order valence-electron chi connectivity index (χ1n) is 8.49. The lowest BCUT2D eigenvalue weighted by Gasteiger charge is -2.23. The largest absolute Gasteiger partial charge is 0.478 e. The molecule has 0 heterocycles. The molecule has 0 fully saturated rings. The molecule has 2 aromatic carbocycles. The van der Waals surface area contributed by atoms with E-state index in [1.54, 1.807) is 12.1 Å². The first kappa shape index (κ1) is 20.4. The molecule has 2 rings (SSSR count). The third-order valence-electron chi connectivity index (χ3n) is 3.96. The van der Waals surface area contributed by atoms with Crippen molar-refractivity contribution in [1.29, 1.82) is 0 Å². The Bertz CT molecular complexity index is 906. The Morgan fingerprint density at radius 1 is 1.04 bits per heavy atom. The SMILES string of the molecule is CCCCN(C(=O)NS(=O)(=O)c1ccc(C)cc1)c1ccc(C(=O)O)cc1. The number of aryl methyl sites for hydroxylation is 1. The Morgan fingerprint density at radius 2 is 1.63 bits per heavy atom. The highest BCUT2D eigenvalue weighted by Gasteiger charge is 2.23. The maximum Gasteiger partial charge on any atom is 0.335 e. The van der Waals surface area contributed by atoms with Crippen LogP contribution in [0.4, 0.5) is 10.5 Å². The second-order valence-corrected chi connectivity index (χ2v) is 7.76. The second-order valence-electron chi connectivity index (χ2n) is 6.08. The van der Waals surface area contributed by atoms with E-state index in [2.05, 4.69) is 4.72 Å². The minimum atomic E-state index is -4.01. The lowest BCUT2D eigenvalue weighted by atomic mass is 10.2. The van der Waals surface area contributed by atoms with Crippen LogP contribution < -0.4 is 9.62 Å². The van der Waals surface area contributed by atoms with Gasteiger partial charge in [0.05, 0.1) is 10.5 Å². The molecule has 0 unspecified atom stereocenters. The van der Waals surface area contributed by atoms with Gasteiger partial charge < -0.3 is 5.11 Å². The number of anilines is 1. The van der Waals surface area contributed by atoms with Crippen molar-refractivity contribution in [3.8, 4) is 0 Å². The van der Waals surface area contributed by atoms with Crippen LogP contribution in [-0.2, 0) is 10.0 Å². The van der Waals surface area contributed by atoms with Crippen LogP contribution in [0, 0.1) is 6.92 Å². The van der Waals surface area contributed by atoms with Crippen molar-refractivity contribution in [2.24, 2.45) is 0 Å². The van der Waals surface area contributed by atoms with Gasteiger partial charge in [-0.05, 0) is 49.7 Å². The van der Waals surface area contributed by atoms with Crippen molar-refractivity contribution in [3.63, 3.8) is 0 Å². The molecule has 2 N–H and O–H groups in total. The number of nitrogens with one attached hydrogen (secondary N) is 1. The number of carboxylic acids is 1. The maximum absolute atomic E-state index is 12.6. The normalized spacial score (nSPS) is 11.0. The Labute approximate surface area is 158 Å². The number of urea groups is 1. The highest BCUT2D eigenvalue weighted by atomic mass is 32.2. The molecule has 0 spiro atoms. The summed E-state index contributed by atoms with van der Waals surface area (Å²) >= 11 is 0. The van der Waals surface area contributed by atoms with Gasteiger partial charge in [-0.1, -0.05) is 31.0 Å². The first-order chi connectivity index (χ1) is 12.7. The summed E-state index contributed by atoms with van der Waals surface area (Å²) in [5.74, 6) is -1.08. The molecule has 0 aromatic heterocycles. The van der Waals surface area contributed by atoms with Crippen LogP contribution in [0.15, 0.2) is 53.4 Å². The van der Waals surface area contributed by atoms with Gasteiger partial charge in [0.2, 0.25) is 0 Å². The molecule has 0 saturated carbocycles. The Morgan fingerprint density at radius 3 is 2.15 bits per heavy atom. The van der Waals surface area contributed by atoms with E-state index >= 15 is 0 Å². The first-order valence-corrected chi connectivity index (χ1v) is 9.97. The van der Waals surface area contributed by atoms with Gasteiger partial charge >= 0.3 is 12.0 Å². The number of carbonyl (C=O) groups excluding carboxylic acids is 1. The van der Waals surface area contributed by atoms with E-state index < -0.39 is 22.0 Å². The van der Waals surface area contributed by atoms with Crippen molar-refractivity contribution in [3.05, 3.63) is 59.7 Å². The minimum Gasteiger partial charge on any atom is -0.478 e. The van der Waals surface area contributed by atoms with E-state index in [0.29, 0.717) is 18.7 Å². The summed E-state index contributed by atoms with van der Waals surface area (Å²) in [4.78, 5) is 24.9. The molecule has 0 aliphatic carbocycles. The Hall–Kier alpha value is -2.87. The molecule has 2 aromatic rings. The van der Waals surface area contributed by atoms with Crippen molar-refractivity contribution in [2.75, 3.05) is 11.4 Å². The van der Waals surface area contributed by atoms with Gasteiger partial charge in [0.25, 0.3) is 10.0 Å². The summed E-state index contributed by atoms with van der Waals surface area (Å²) in [5, 5.41) is 8.99. The molecule has 8 heteroatoms. The van der Waals surface area contributed by atoms with Crippen LogP contribution in [-0.4, -0.2) is 32.1 Å². The standard InChI is InChI=1S/C19H22N2O5S/c1-3-4-13-21(16-9-7-15(8-10-16)18(22)23)19(24)20-27(25,26)17-11-5-14(2)6-12-17/h5-12H,3-4,13H2,1-2H3,(H,20,24)(H,22,23). The average molecular weight is 390 g/mol. The van der Waals surface area contributed by atoms with Gasteiger partial charge in [-0.25, -0.2) is 22.7 Å². The van der Waals surface area contributed by atoms with Gasteiger partial charge in [0.1, 0.15) is 0 Å². The fourth-order valence-electron chi connectivity index (χ4n) is 2.39. The number of benzene rings is 2. The molecule has 144 valence electrons. The predicted molar refractivity (Wildman–Crippen MR) is 103 cm³/mol. The summed E-state index contributed by atoms with van der Waals surface area (Å²) in [5.41, 5.74) is 1.41. The lowest BCUT2D eigenvalue weighted by Crippen LogP contribution is -2.43. The molecule has 0 saturated heterocycles. The quantitative estimate of drug-likeness (QED) is 0.754. The molecule has 0 radical (unpaired) electrons. The van der Waals surface area contributed by atoms with E-state index in [1.807, 2.05) is 13.8 Å². The number of aromatic carboxylic acids is 1. The summed E-state index contributed by atoms with van der Waals surface area (Å²) in [6, 6.07) is 11.1. The van der Waals surface area contributed by atoms with Gasteiger partial charge in [-0.15, -0.1) is 0 Å².